The zero-order valence-corrected chi connectivity index (χ0v) is 11.3. The molecule has 0 unspecified atom stereocenters. The van der Waals surface area contributed by atoms with E-state index in [1.807, 2.05) is 42.3 Å². The fraction of sp³-hybridized carbons (Fsp3) is 0.154. The molecule has 1 heterocycles. The Hall–Kier alpha value is -2.08. The average molecular weight is 274 g/mol. The van der Waals surface area contributed by atoms with Gasteiger partial charge in [-0.05, 0) is 12.1 Å². The predicted octanol–water partition coefficient (Wildman–Crippen LogP) is 2.11. The van der Waals surface area contributed by atoms with Crippen molar-refractivity contribution in [3.8, 4) is 0 Å². The van der Waals surface area contributed by atoms with Crippen LogP contribution < -0.4 is 10.2 Å². The van der Waals surface area contributed by atoms with E-state index >= 15 is 0 Å². The Balaban J connectivity index is 2.12. The first-order valence-corrected chi connectivity index (χ1v) is 6.35. The number of para-hydroxylation sites is 1. The third-order valence-corrected chi connectivity index (χ3v) is 2.80. The third kappa shape index (κ3) is 3.45. The van der Waals surface area contributed by atoms with E-state index in [4.69, 9.17) is 0 Å². The van der Waals surface area contributed by atoms with Gasteiger partial charge in [0.25, 0.3) is 0 Å². The highest BCUT2D eigenvalue weighted by atomic mass is 32.1. The fourth-order valence-electron chi connectivity index (χ4n) is 1.53. The molecule has 0 saturated carbocycles. The second-order valence-corrected chi connectivity index (χ2v) is 4.19. The standard InChI is InChI=1S/C13H14N4OS/c1-17(11-5-3-2-4-6-11)13-14-7-10(8-15-13)16-12(18)9-19/h2-8,19H,9H2,1H3,(H,16,18). The van der Waals surface area contributed by atoms with Crippen LogP contribution >= 0.6 is 12.6 Å². The molecule has 0 aliphatic heterocycles. The normalized spacial score (nSPS) is 10.0. The lowest BCUT2D eigenvalue weighted by molar-refractivity contribution is -0.113. The van der Waals surface area contributed by atoms with Gasteiger partial charge in [0.2, 0.25) is 11.9 Å². The summed E-state index contributed by atoms with van der Waals surface area (Å²) in [6, 6.07) is 9.80. The van der Waals surface area contributed by atoms with E-state index < -0.39 is 0 Å². The molecule has 0 atom stereocenters. The van der Waals surface area contributed by atoms with Gasteiger partial charge in [-0.3, -0.25) is 4.79 Å². The fourth-order valence-corrected chi connectivity index (χ4v) is 1.61. The highest BCUT2D eigenvalue weighted by Gasteiger charge is 2.07. The molecule has 0 spiro atoms. The number of thiol groups is 1. The Bertz CT molecular complexity index is 544. The maximum absolute atomic E-state index is 11.2. The van der Waals surface area contributed by atoms with E-state index in [-0.39, 0.29) is 11.7 Å². The zero-order valence-electron chi connectivity index (χ0n) is 10.4. The van der Waals surface area contributed by atoms with Crippen LogP contribution in [0.5, 0.6) is 0 Å². The number of hydrogen-bond donors (Lipinski definition) is 2. The van der Waals surface area contributed by atoms with Gasteiger partial charge in [-0.15, -0.1) is 0 Å². The average Bonchev–Trinajstić information content (AvgIpc) is 2.48. The lowest BCUT2D eigenvalue weighted by Gasteiger charge is -2.16. The van der Waals surface area contributed by atoms with E-state index in [0.29, 0.717) is 11.6 Å². The lowest BCUT2D eigenvalue weighted by Crippen LogP contribution is -2.15. The van der Waals surface area contributed by atoms with E-state index in [1.165, 1.54) is 0 Å². The molecule has 0 bridgehead atoms. The predicted molar refractivity (Wildman–Crippen MR) is 79.0 cm³/mol. The summed E-state index contributed by atoms with van der Waals surface area (Å²) in [5.74, 6) is 0.511. The molecule has 1 aromatic heterocycles. The van der Waals surface area contributed by atoms with Crippen molar-refractivity contribution in [2.24, 2.45) is 0 Å². The lowest BCUT2D eigenvalue weighted by atomic mass is 10.3. The molecule has 1 amide bonds. The number of rotatable bonds is 4. The number of anilines is 3. The van der Waals surface area contributed by atoms with Gasteiger partial charge >= 0.3 is 0 Å². The Labute approximate surface area is 117 Å². The summed E-state index contributed by atoms with van der Waals surface area (Å²) in [5.41, 5.74) is 1.55. The molecule has 6 heteroatoms. The van der Waals surface area contributed by atoms with E-state index in [9.17, 15) is 4.79 Å². The summed E-state index contributed by atoms with van der Waals surface area (Å²) in [6.07, 6.45) is 3.15. The van der Waals surface area contributed by atoms with Crippen LogP contribution in [0.15, 0.2) is 42.7 Å². The van der Waals surface area contributed by atoms with E-state index in [0.717, 1.165) is 5.69 Å². The van der Waals surface area contributed by atoms with Gasteiger partial charge in [-0.1, -0.05) is 18.2 Å². The second kappa shape index (κ2) is 6.19. The smallest absolute Gasteiger partial charge is 0.234 e. The van der Waals surface area contributed by atoms with Crippen molar-refractivity contribution in [2.75, 3.05) is 23.0 Å². The third-order valence-electron chi connectivity index (χ3n) is 2.51. The Morgan fingerprint density at radius 1 is 1.26 bits per heavy atom. The van der Waals surface area contributed by atoms with E-state index in [1.54, 1.807) is 12.4 Å². The molecule has 19 heavy (non-hydrogen) atoms. The van der Waals surface area contributed by atoms with Gasteiger partial charge in [-0.2, -0.15) is 12.6 Å². The maximum atomic E-state index is 11.2. The molecule has 0 saturated heterocycles. The van der Waals surface area contributed by atoms with Crippen LogP contribution in [0.1, 0.15) is 0 Å². The maximum Gasteiger partial charge on any atom is 0.234 e. The van der Waals surface area contributed by atoms with Crippen LogP contribution in [0.3, 0.4) is 0 Å². The van der Waals surface area contributed by atoms with Crippen LogP contribution in [-0.2, 0) is 4.79 Å². The molecule has 5 nitrogen and oxygen atoms in total. The summed E-state index contributed by atoms with van der Waals surface area (Å²) in [7, 11) is 1.89. The summed E-state index contributed by atoms with van der Waals surface area (Å²) in [6.45, 7) is 0. The minimum atomic E-state index is -0.184. The van der Waals surface area contributed by atoms with Crippen LogP contribution in [0.2, 0.25) is 0 Å². The minimum absolute atomic E-state index is 0.131. The zero-order chi connectivity index (χ0) is 13.7. The topological polar surface area (TPSA) is 58.1 Å². The van der Waals surface area contributed by atoms with Gasteiger partial charge in [0.05, 0.1) is 23.8 Å². The summed E-state index contributed by atoms with van der Waals surface area (Å²) < 4.78 is 0. The molecular formula is C13H14N4OS. The molecule has 0 fully saturated rings. The number of nitrogens with one attached hydrogen (secondary N) is 1. The van der Waals surface area contributed by atoms with E-state index in [2.05, 4.69) is 27.9 Å². The number of carbonyl (C=O) groups excluding carboxylic acids is 1. The number of nitrogens with zero attached hydrogens (tertiary/aromatic N) is 3. The molecule has 0 aliphatic rings. The molecular weight excluding hydrogens is 260 g/mol. The summed E-state index contributed by atoms with van der Waals surface area (Å²) in [4.78, 5) is 21.5. The van der Waals surface area contributed by atoms with Crippen molar-refractivity contribution < 1.29 is 4.79 Å². The number of aromatic nitrogens is 2. The Morgan fingerprint density at radius 3 is 2.47 bits per heavy atom. The molecule has 2 aromatic rings. The van der Waals surface area contributed by atoms with Crippen molar-refractivity contribution in [1.82, 2.24) is 9.97 Å². The first-order valence-electron chi connectivity index (χ1n) is 5.72. The van der Waals surface area contributed by atoms with Crippen molar-refractivity contribution in [2.45, 2.75) is 0 Å². The quantitative estimate of drug-likeness (QED) is 0.838. The first-order chi connectivity index (χ1) is 9.20. The van der Waals surface area contributed by atoms with Gasteiger partial charge in [0.15, 0.2) is 0 Å². The van der Waals surface area contributed by atoms with Crippen LogP contribution in [0, 0.1) is 0 Å². The van der Waals surface area contributed by atoms with Crippen molar-refractivity contribution in [3.63, 3.8) is 0 Å². The highest BCUT2D eigenvalue weighted by molar-refractivity contribution is 7.81. The number of carbonyl (C=O) groups is 1. The van der Waals surface area contributed by atoms with Gasteiger partial charge < -0.3 is 10.2 Å². The second-order valence-electron chi connectivity index (χ2n) is 3.87. The highest BCUT2D eigenvalue weighted by Crippen LogP contribution is 2.19. The molecule has 1 N–H and O–H groups in total. The molecule has 0 radical (unpaired) electrons. The van der Waals surface area contributed by atoms with Gasteiger partial charge in [0, 0.05) is 12.7 Å². The van der Waals surface area contributed by atoms with Crippen molar-refractivity contribution >= 4 is 35.9 Å². The molecule has 2 rings (SSSR count). The first kappa shape index (κ1) is 13.4. The molecule has 0 aliphatic carbocycles. The number of hydrogen-bond acceptors (Lipinski definition) is 5. The Morgan fingerprint density at radius 2 is 1.89 bits per heavy atom. The SMILES string of the molecule is CN(c1ccccc1)c1ncc(NC(=O)CS)cn1. The van der Waals surface area contributed by atoms with Crippen molar-refractivity contribution in [1.29, 1.82) is 0 Å². The van der Waals surface area contributed by atoms with Crippen LogP contribution in [-0.4, -0.2) is 28.7 Å². The molecule has 1 aromatic carbocycles. The number of amides is 1. The number of benzene rings is 1. The summed E-state index contributed by atoms with van der Waals surface area (Å²) >= 11 is 3.89. The van der Waals surface area contributed by atoms with Crippen LogP contribution in [0.4, 0.5) is 17.3 Å². The van der Waals surface area contributed by atoms with Gasteiger partial charge in [0.1, 0.15) is 0 Å². The minimum Gasteiger partial charge on any atom is -0.323 e. The Kier molecular flexibility index (Phi) is 4.35. The monoisotopic (exact) mass is 274 g/mol. The largest absolute Gasteiger partial charge is 0.323 e. The van der Waals surface area contributed by atoms with Gasteiger partial charge in [-0.25, -0.2) is 9.97 Å². The molecule has 98 valence electrons. The summed E-state index contributed by atoms with van der Waals surface area (Å²) in [5, 5.41) is 2.64. The van der Waals surface area contributed by atoms with Crippen LogP contribution in [0.25, 0.3) is 0 Å². The van der Waals surface area contributed by atoms with Crippen molar-refractivity contribution in [3.05, 3.63) is 42.7 Å².